The van der Waals surface area contributed by atoms with E-state index in [0.29, 0.717) is 25.3 Å². The quantitative estimate of drug-likeness (QED) is 0.916. The summed E-state index contributed by atoms with van der Waals surface area (Å²) >= 11 is 0. The zero-order valence-corrected chi connectivity index (χ0v) is 9.91. The number of hydrogen-bond donors (Lipinski definition) is 1. The number of ether oxygens (including phenoxy) is 1. The zero-order chi connectivity index (χ0) is 13.9. The number of pyridine rings is 1. The van der Waals surface area contributed by atoms with E-state index >= 15 is 0 Å². The summed E-state index contributed by atoms with van der Waals surface area (Å²) in [6.45, 7) is 1.04. The number of halogens is 3. The molecule has 8 heteroatoms. The Hall–Kier alpha value is -1.83. The molecule has 104 valence electrons. The van der Waals surface area contributed by atoms with Crippen LogP contribution < -0.4 is 5.43 Å². The van der Waals surface area contributed by atoms with Crippen LogP contribution in [0.2, 0.25) is 0 Å². The minimum atomic E-state index is -4.39. The first-order valence-corrected chi connectivity index (χ1v) is 5.67. The van der Waals surface area contributed by atoms with Gasteiger partial charge in [0, 0.05) is 19.2 Å². The van der Waals surface area contributed by atoms with Gasteiger partial charge in [0.05, 0.1) is 24.4 Å². The van der Waals surface area contributed by atoms with Gasteiger partial charge >= 0.3 is 12.3 Å². The molecule has 1 aliphatic rings. The Kier molecular flexibility index (Phi) is 3.89. The predicted octanol–water partition coefficient (Wildman–Crippen LogP) is 1.95. The molecule has 1 aliphatic heterocycles. The number of rotatable bonds is 3. The Morgan fingerprint density at radius 2 is 2.21 bits per heavy atom. The molecule has 19 heavy (non-hydrogen) atoms. The highest BCUT2D eigenvalue weighted by Gasteiger charge is 2.30. The Balaban J connectivity index is 1.91. The summed E-state index contributed by atoms with van der Waals surface area (Å²) in [5.41, 5.74) is 2.37. The fourth-order valence-electron chi connectivity index (χ4n) is 1.57. The molecule has 0 saturated carbocycles. The second kappa shape index (κ2) is 5.43. The number of alkyl halides is 3. The maximum atomic E-state index is 12.3. The summed E-state index contributed by atoms with van der Waals surface area (Å²) in [6.07, 6.45) is -3.40. The van der Waals surface area contributed by atoms with Gasteiger partial charge in [-0.2, -0.15) is 13.2 Å². The van der Waals surface area contributed by atoms with Crippen molar-refractivity contribution in [2.45, 2.75) is 19.1 Å². The molecular weight excluding hydrogens is 263 g/mol. The van der Waals surface area contributed by atoms with Crippen LogP contribution in [0, 0.1) is 0 Å². The first-order valence-electron chi connectivity index (χ1n) is 5.67. The highest BCUT2D eigenvalue weighted by atomic mass is 19.4. The Morgan fingerprint density at radius 3 is 2.79 bits per heavy atom. The monoisotopic (exact) mass is 275 g/mol. The third kappa shape index (κ3) is 3.57. The molecule has 5 nitrogen and oxygen atoms in total. The number of nitrogens with one attached hydrogen (secondary N) is 1. The Bertz CT molecular complexity index is 447. The molecule has 1 aromatic rings. The van der Waals surface area contributed by atoms with Crippen LogP contribution in [-0.4, -0.2) is 29.2 Å². The van der Waals surface area contributed by atoms with Crippen molar-refractivity contribution in [2.24, 2.45) is 0 Å². The number of nitrogens with zero attached hydrogens (tertiary/aromatic N) is 2. The van der Waals surface area contributed by atoms with E-state index in [1.54, 1.807) is 0 Å². The highest BCUT2D eigenvalue weighted by molar-refractivity contribution is 5.67. The van der Waals surface area contributed by atoms with Gasteiger partial charge in [-0.3, -0.25) is 4.98 Å². The molecule has 0 bridgehead atoms. The molecule has 1 N–H and O–H groups in total. The van der Waals surface area contributed by atoms with Crippen LogP contribution in [0.15, 0.2) is 18.3 Å². The molecule has 0 spiro atoms. The fraction of sp³-hybridized carbons (Fsp3) is 0.455. The standard InChI is InChI=1S/C11H12F3N3O2/c12-11(13,14)8-2-3-9(15-6-8)7-16-17-4-1-5-19-10(17)18/h2-3,6,16H,1,4-5,7H2. The van der Waals surface area contributed by atoms with E-state index in [1.165, 1.54) is 11.1 Å². The molecule has 1 amide bonds. The van der Waals surface area contributed by atoms with Crippen LogP contribution in [0.25, 0.3) is 0 Å². The zero-order valence-electron chi connectivity index (χ0n) is 9.91. The summed E-state index contributed by atoms with van der Waals surface area (Å²) in [5.74, 6) is 0. The van der Waals surface area contributed by atoms with Crippen molar-refractivity contribution in [3.8, 4) is 0 Å². The van der Waals surface area contributed by atoms with Crippen molar-refractivity contribution in [1.29, 1.82) is 0 Å². The Labute approximate surface area is 107 Å². The molecule has 1 fully saturated rings. The van der Waals surface area contributed by atoms with E-state index in [2.05, 4.69) is 10.4 Å². The van der Waals surface area contributed by atoms with Crippen molar-refractivity contribution in [1.82, 2.24) is 15.4 Å². The SMILES string of the molecule is O=C1OCCCN1NCc1ccc(C(F)(F)F)cn1. The molecule has 0 radical (unpaired) electrons. The van der Waals surface area contributed by atoms with E-state index in [0.717, 1.165) is 12.3 Å². The lowest BCUT2D eigenvalue weighted by molar-refractivity contribution is -0.137. The molecule has 0 atom stereocenters. The van der Waals surface area contributed by atoms with Crippen molar-refractivity contribution in [3.05, 3.63) is 29.6 Å². The van der Waals surface area contributed by atoms with Gasteiger partial charge < -0.3 is 4.74 Å². The molecule has 0 unspecified atom stereocenters. The maximum Gasteiger partial charge on any atom is 0.424 e. The third-order valence-corrected chi connectivity index (χ3v) is 2.58. The van der Waals surface area contributed by atoms with Crippen molar-refractivity contribution in [3.63, 3.8) is 0 Å². The molecule has 2 heterocycles. The minimum absolute atomic E-state index is 0.160. The average Bonchev–Trinajstić information content (AvgIpc) is 2.37. The Morgan fingerprint density at radius 1 is 1.42 bits per heavy atom. The largest absolute Gasteiger partial charge is 0.448 e. The smallest absolute Gasteiger partial charge is 0.424 e. The second-order valence-corrected chi connectivity index (χ2v) is 3.99. The van der Waals surface area contributed by atoms with Gasteiger partial charge in [-0.05, 0) is 12.1 Å². The van der Waals surface area contributed by atoms with Crippen LogP contribution in [0.5, 0.6) is 0 Å². The first kappa shape index (κ1) is 13.6. The van der Waals surface area contributed by atoms with E-state index in [-0.39, 0.29) is 6.54 Å². The molecule has 1 saturated heterocycles. The average molecular weight is 275 g/mol. The summed E-state index contributed by atoms with van der Waals surface area (Å²) in [4.78, 5) is 15.0. The first-order chi connectivity index (χ1) is 8.97. The number of aromatic nitrogens is 1. The summed E-state index contributed by atoms with van der Waals surface area (Å²) in [7, 11) is 0. The van der Waals surface area contributed by atoms with E-state index in [9.17, 15) is 18.0 Å². The van der Waals surface area contributed by atoms with Gasteiger partial charge in [0.25, 0.3) is 0 Å². The van der Waals surface area contributed by atoms with Gasteiger partial charge in [-0.25, -0.2) is 15.2 Å². The second-order valence-electron chi connectivity index (χ2n) is 3.99. The topological polar surface area (TPSA) is 54.5 Å². The van der Waals surface area contributed by atoms with Gasteiger partial charge in [-0.15, -0.1) is 0 Å². The maximum absolute atomic E-state index is 12.3. The third-order valence-electron chi connectivity index (χ3n) is 2.58. The van der Waals surface area contributed by atoms with E-state index < -0.39 is 17.8 Å². The number of carbonyl (C=O) groups excluding carboxylic acids is 1. The lowest BCUT2D eigenvalue weighted by Crippen LogP contribution is -2.46. The number of amides is 1. The van der Waals surface area contributed by atoms with E-state index in [4.69, 9.17) is 4.74 Å². The lowest BCUT2D eigenvalue weighted by Gasteiger charge is -2.26. The highest BCUT2D eigenvalue weighted by Crippen LogP contribution is 2.28. The van der Waals surface area contributed by atoms with Crippen LogP contribution in [0.4, 0.5) is 18.0 Å². The fourth-order valence-corrected chi connectivity index (χ4v) is 1.57. The van der Waals surface area contributed by atoms with Crippen LogP contribution in [0.3, 0.4) is 0 Å². The molecule has 2 rings (SSSR count). The van der Waals surface area contributed by atoms with Gasteiger partial charge in [0.15, 0.2) is 0 Å². The van der Waals surface area contributed by atoms with Crippen molar-refractivity contribution < 1.29 is 22.7 Å². The number of hydrazine groups is 1. The number of hydrogen-bond acceptors (Lipinski definition) is 4. The normalized spacial score (nSPS) is 16.4. The van der Waals surface area contributed by atoms with Crippen molar-refractivity contribution in [2.75, 3.05) is 13.2 Å². The number of cyclic esters (lactones) is 1. The predicted molar refractivity (Wildman–Crippen MR) is 58.7 cm³/mol. The van der Waals surface area contributed by atoms with Crippen LogP contribution >= 0.6 is 0 Å². The van der Waals surface area contributed by atoms with Gasteiger partial charge in [0.1, 0.15) is 0 Å². The molecule has 0 aliphatic carbocycles. The molecule has 1 aromatic heterocycles. The van der Waals surface area contributed by atoms with E-state index in [1.807, 2.05) is 0 Å². The van der Waals surface area contributed by atoms with Crippen LogP contribution in [-0.2, 0) is 17.5 Å². The molecule has 0 aromatic carbocycles. The van der Waals surface area contributed by atoms with Crippen molar-refractivity contribution >= 4 is 6.09 Å². The van der Waals surface area contributed by atoms with Crippen LogP contribution in [0.1, 0.15) is 17.7 Å². The summed E-state index contributed by atoms with van der Waals surface area (Å²) in [5, 5.41) is 1.28. The summed E-state index contributed by atoms with van der Waals surface area (Å²) in [6, 6.07) is 2.23. The molecular formula is C11H12F3N3O2. The van der Waals surface area contributed by atoms with Gasteiger partial charge in [-0.1, -0.05) is 0 Å². The number of carbonyl (C=O) groups is 1. The minimum Gasteiger partial charge on any atom is -0.448 e. The van der Waals surface area contributed by atoms with Gasteiger partial charge in [0.2, 0.25) is 0 Å². The summed E-state index contributed by atoms with van der Waals surface area (Å²) < 4.78 is 41.8. The lowest BCUT2D eigenvalue weighted by atomic mass is 10.2.